The molecule has 4 nitrogen and oxygen atoms in total. The van der Waals surface area contributed by atoms with Gasteiger partial charge in [0.25, 0.3) is 5.56 Å². The molecule has 0 saturated heterocycles. The molecule has 0 aliphatic heterocycles. The molecule has 19 heavy (non-hydrogen) atoms. The number of rotatable bonds is 2. The highest BCUT2D eigenvalue weighted by Gasteiger charge is 2.09. The van der Waals surface area contributed by atoms with Gasteiger partial charge in [-0.25, -0.2) is 8.75 Å². The molecule has 0 aliphatic carbocycles. The van der Waals surface area contributed by atoms with Gasteiger partial charge in [0, 0.05) is 0 Å². The summed E-state index contributed by atoms with van der Waals surface area (Å²) in [5.74, 6) is -0.977. The van der Waals surface area contributed by atoms with Crippen molar-refractivity contribution in [2.45, 2.75) is 0 Å². The molecule has 0 atom stereocenters. The molecule has 1 aromatic heterocycles. The Kier molecular flexibility index (Phi) is 2.68. The van der Waals surface area contributed by atoms with E-state index in [1.165, 1.54) is 23.7 Å². The molecular weight excluding hydrogens is 262 g/mol. The predicted octanol–water partition coefficient (Wildman–Crippen LogP) is 2.75. The Balaban J connectivity index is 2.16. The summed E-state index contributed by atoms with van der Waals surface area (Å²) >= 11 is 1.35. The fourth-order valence-electron chi connectivity index (χ4n) is 1.88. The van der Waals surface area contributed by atoms with Gasteiger partial charge in [-0.1, -0.05) is 23.7 Å². The van der Waals surface area contributed by atoms with Gasteiger partial charge in [-0.2, -0.15) is 0 Å². The van der Waals surface area contributed by atoms with Crippen LogP contribution in [0.1, 0.15) is 10.4 Å². The number of fused-ring (bicyclic) bond motifs is 1. The summed E-state index contributed by atoms with van der Waals surface area (Å²) in [5.41, 5.74) is 0.804. The van der Waals surface area contributed by atoms with E-state index >= 15 is 0 Å². The number of hydrogen-bond donors (Lipinski definition) is 1. The fourth-order valence-corrected chi connectivity index (χ4v) is 2.88. The number of carbonyl (C=O) groups is 1. The van der Waals surface area contributed by atoms with Crippen LogP contribution in [0.5, 0.6) is 0 Å². The lowest BCUT2D eigenvalue weighted by atomic mass is 10.2. The number of nitrogens with zero attached hydrogens (tertiary/aromatic N) is 1. The topological polar surface area (TPSA) is 59.3 Å². The predicted molar refractivity (Wildman–Crippen MR) is 74.4 cm³/mol. The van der Waals surface area contributed by atoms with Crippen LogP contribution in [0.15, 0.2) is 53.3 Å². The first-order valence-electron chi connectivity index (χ1n) is 5.61. The van der Waals surface area contributed by atoms with E-state index in [2.05, 4.69) is 0 Å². The van der Waals surface area contributed by atoms with Crippen LogP contribution in [0.2, 0.25) is 0 Å². The molecule has 0 unspecified atom stereocenters. The number of aromatic nitrogens is 1. The van der Waals surface area contributed by atoms with E-state index in [4.69, 9.17) is 5.11 Å². The lowest BCUT2D eigenvalue weighted by molar-refractivity contribution is 0.0697. The van der Waals surface area contributed by atoms with Crippen molar-refractivity contribution in [1.29, 1.82) is 0 Å². The van der Waals surface area contributed by atoms with Crippen LogP contribution in [0, 0.1) is 0 Å². The quantitative estimate of drug-likeness (QED) is 0.779. The zero-order chi connectivity index (χ0) is 13.4. The summed E-state index contributed by atoms with van der Waals surface area (Å²) < 4.78 is 2.48. The maximum Gasteiger partial charge on any atom is 0.335 e. The van der Waals surface area contributed by atoms with E-state index in [-0.39, 0.29) is 11.1 Å². The molecule has 0 bridgehead atoms. The summed E-state index contributed by atoms with van der Waals surface area (Å²) in [5, 5.41) is 9.53. The molecule has 1 heterocycles. The first-order valence-corrected chi connectivity index (χ1v) is 6.39. The Morgan fingerprint density at radius 3 is 2.37 bits per heavy atom. The van der Waals surface area contributed by atoms with Gasteiger partial charge in [0.15, 0.2) is 0 Å². The second kappa shape index (κ2) is 4.37. The molecule has 1 N–H and O–H groups in total. The molecule has 0 fully saturated rings. The van der Waals surface area contributed by atoms with Crippen molar-refractivity contribution < 1.29 is 9.90 Å². The van der Waals surface area contributed by atoms with Crippen molar-refractivity contribution in [3.8, 4) is 5.69 Å². The van der Waals surface area contributed by atoms with Gasteiger partial charge in [-0.05, 0) is 36.4 Å². The smallest absolute Gasteiger partial charge is 0.335 e. The largest absolute Gasteiger partial charge is 0.478 e. The van der Waals surface area contributed by atoms with Crippen LogP contribution < -0.4 is 5.56 Å². The van der Waals surface area contributed by atoms with Crippen molar-refractivity contribution in [2.24, 2.45) is 0 Å². The molecule has 94 valence electrons. The van der Waals surface area contributed by atoms with Gasteiger partial charge in [-0.3, -0.25) is 4.79 Å². The van der Waals surface area contributed by atoms with E-state index in [9.17, 15) is 9.59 Å². The SMILES string of the molecule is O=C(O)c1ccc(-n2sc3ccccc3c2=O)cc1. The molecule has 0 spiro atoms. The average Bonchev–Trinajstić information content (AvgIpc) is 2.77. The van der Waals surface area contributed by atoms with Crippen molar-refractivity contribution in [2.75, 3.05) is 0 Å². The average molecular weight is 271 g/mol. The fraction of sp³-hybridized carbons (Fsp3) is 0. The first kappa shape index (κ1) is 11.7. The van der Waals surface area contributed by atoms with Gasteiger partial charge in [-0.15, -0.1) is 0 Å². The standard InChI is InChI=1S/C14H9NO3S/c16-13-11-3-1-2-4-12(11)19-15(13)10-7-5-9(6-8-10)14(17)18/h1-8H,(H,17,18). The number of carboxylic acids is 1. The van der Waals surface area contributed by atoms with E-state index < -0.39 is 5.97 Å². The van der Waals surface area contributed by atoms with Gasteiger partial charge >= 0.3 is 5.97 Å². The van der Waals surface area contributed by atoms with Gasteiger partial charge < -0.3 is 5.11 Å². The highest BCUT2D eigenvalue weighted by atomic mass is 32.1. The molecule has 2 aromatic carbocycles. The van der Waals surface area contributed by atoms with E-state index in [1.54, 1.807) is 22.2 Å². The summed E-state index contributed by atoms with van der Waals surface area (Å²) in [6.45, 7) is 0. The Bertz CT molecular complexity index is 815. The van der Waals surface area contributed by atoms with E-state index in [0.29, 0.717) is 11.1 Å². The number of aromatic carboxylic acids is 1. The second-order valence-electron chi connectivity index (χ2n) is 4.04. The zero-order valence-corrected chi connectivity index (χ0v) is 10.6. The summed E-state index contributed by atoms with van der Waals surface area (Å²) in [6, 6.07) is 13.7. The third kappa shape index (κ3) is 1.94. The van der Waals surface area contributed by atoms with Crippen LogP contribution in [0.25, 0.3) is 15.8 Å². The normalized spacial score (nSPS) is 10.7. The van der Waals surface area contributed by atoms with Crippen LogP contribution in [-0.4, -0.2) is 15.0 Å². The minimum atomic E-state index is -0.977. The van der Waals surface area contributed by atoms with Crippen molar-refractivity contribution in [3.05, 3.63) is 64.4 Å². The third-order valence-electron chi connectivity index (χ3n) is 2.84. The molecule has 3 rings (SSSR count). The molecule has 0 aliphatic rings. The minimum absolute atomic E-state index is 0.0799. The van der Waals surface area contributed by atoms with Crippen LogP contribution in [0.4, 0.5) is 0 Å². The number of benzene rings is 2. The maximum absolute atomic E-state index is 12.2. The monoisotopic (exact) mass is 271 g/mol. The van der Waals surface area contributed by atoms with Crippen molar-refractivity contribution in [3.63, 3.8) is 0 Å². The summed E-state index contributed by atoms with van der Waals surface area (Å²) in [4.78, 5) is 23.0. The molecule has 0 saturated carbocycles. The highest BCUT2D eigenvalue weighted by molar-refractivity contribution is 7.14. The number of hydrogen-bond acceptors (Lipinski definition) is 3. The second-order valence-corrected chi connectivity index (χ2v) is 5.03. The number of carboxylic acid groups (broad SMARTS) is 1. The van der Waals surface area contributed by atoms with Crippen molar-refractivity contribution >= 4 is 27.6 Å². The zero-order valence-electron chi connectivity index (χ0n) is 9.74. The minimum Gasteiger partial charge on any atom is -0.478 e. The molecular formula is C14H9NO3S. The Morgan fingerprint density at radius 2 is 1.74 bits per heavy atom. The Labute approximate surface area is 112 Å². The molecule has 5 heteroatoms. The van der Waals surface area contributed by atoms with Crippen molar-refractivity contribution in [1.82, 2.24) is 3.96 Å². The highest BCUT2D eigenvalue weighted by Crippen LogP contribution is 2.20. The lowest BCUT2D eigenvalue weighted by Gasteiger charge is -2.00. The Morgan fingerprint density at radius 1 is 1.05 bits per heavy atom. The molecule has 3 aromatic rings. The molecule has 0 amide bonds. The van der Waals surface area contributed by atoms with Gasteiger partial charge in [0.1, 0.15) is 0 Å². The summed E-state index contributed by atoms with van der Waals surface area (Å²) in [7, 11) is 0. The third-order valence-corrected chi connectivity index (χ3v) is 3.95. The maximum atomic E-state index is 12.2. The van der Waals surface area contributed by atoms with Gasteiger partial charge in [0.2, 0.25) is 0 Å². The van der Waals surface area contributed by atoms with Crippen LogP contribution in [0.3, 0.4) is 0 Å². The Hall–Kier alpha value is -2.40. The van der Waals surface area contributed by atoms with E-state index in [1.807, 2.05) is 18.2 Å². The summed E-state index contributed by atoms with van der Waals surface area (Å²) in [6.07, 6.45) is 0. The molecule has 0 radical (unpaired) electrons. The van der Waals surface area contributed by atoms with E-state index in [0.717, 1.165) is 4.70 Å². The van der Waals surface area contributed by atoms with Gasteiger partial charge in [0.05, 0.1) is 21.3 Å². The van der Waals surface area contributed by atoms with Crippen LogP contribution >= 0.6 is 11.5 Å². The van der Waals surface area contributed by atoms with Crippen LogP contribution in [-0.2, 0) is 0 Å². The first-order chi connectivity index (χ1) is 9.16. The lowest BCUT2D eigenvalue weighted by Crippen LogP contribution is -2.10.